The molecule has 0 spiro atoms. The molecule has 0 aliphatic rings. The molecule has 0 bridgehead atoms. The maximum Gasteiger partial charge on any atom is 0.0515 e. The molecule has 1 aromatic rings. The van der Waals surface area contributed by atoms with Crippen LogP contribution >= 0.6 is 22.6 Å². The summed E-state index contributed by atoms with van der Waals surface area (Å²) in [6.07, 6.45) is 1.62. The van der Waals surface area contributed by atoms with Crippen molar-refractivity contribution >= 4 is 22.6 Å². The number of aliphatic hydroxyl groups is 1. The van der Waals surface area contributed by atoms with E-state index in [4.69, 9.17) is 5.11 Å². The average molecular weight is 276 g/mol. The first-order valence-electron chi connectivity index (χ1n) is 4.11. The lowest BCUT2D eigenvalue weighted by Gasteiger charge is -2.03. The fourth-order valence-electron chi connectivity index (χ4n) is 1.03. The molecule has 1 atom stereocenters. The number of rotatable bonds is 3. The molecule has 2 heteroatoms. The SMILES string of the molecule is CC(O)CCc1ccc(I)cc1. The summed E-state index contributed by atoms with van der Waals surface area (Å²) >= 11 is 2.29. The van der Waals surface area contributed by atoms with Crippen molar-refractivity contribution in [2.45, 2.75) is 25.9 Å². The number of hydrogen-bond acceptors (Lipinski definition) is 1. The number of hydrogen-bond donors (Lipinski definition) is 1. The van der Waals surface area contributed by atoms with Crippen LogP contribution in [0, 0.1) is 3.57 Å². The van der Waals surface area contributed by atoms with Crippen molar-refractivity contribution in [1.82, 2.24) is 0 Å². The molecule has 1 rings (SSSR count). The van der Waals surface area contributed by atoms with Crippen LogP contribution in [-0.4, -0.2) is 11.2 Å². The van der Waals surface area contributed by atoms with Crippen molar-refractivity contribution in [2.75, 3.05) is 0 Å². The first kappa shape index (κ1) is 9.99. The van der Waals surface area contributed by atoms with E-state index in [9.17, 15) is 0 Å². The molecule has 0 saturated heterocycles. The summed E-state index contributed by atoms with van der Waals surface area (Å²) < 4.78 is 1.26. The topological polar surface area (TPSA) is 20.2 Å². The van der Waals surface area contributed by atoms with Gasteiger partial charge in [0.25, 0.3) is 0 Å². The van der Waals surface area contributed by atoms with E-state index in [0.29, 0.717) is 0 Å². The van der Waals surface area contributed by atoms with E-state index in [1.54, 1.807) is 0 Å². The van der Waals surface area contributed by atoms with Crippen molar-refractivity contribution in [2.24, 2.45) is 0 Å². The predicted molar refractivity (Wildman–Crippen MR) is 59.2 cm³/mol. The highest BCUT2D eigenvalue weighted by molar-refractivity contribution is 14.1. The van der Waals surface area contributed by atoms with E-state index in [1.807, 2.05) is 6.92 Å². The van der Waals surface area contributed by atoms with Gasteiger partial charge in [0.1, 0.15) is 0 Å². The normalized spacial score (nSPS) is 12.9. The molecule has 1 nitrogen and oxygen atoms in total. The van der Waals surface area contributed by atoms with Crippen molar-refractivity contribution < 1.29 is 5.11 Å². The Morgan fingerprint density at radius 2 is 1.92 bits per heavy atom. The first-order chi connectivity index (χ1) is 5.68. The van der Waals surface area contributed by atoms with Crippen LogP contribution < -0.4 is 0 Å². The van der Waals surface area contributed by atoms with Gasteiger partial charge in [-0.25, -0.2) is 0 Å². The van der Waals surface area contributed by atoms with Crippen molar-refractivity contribution in [3.05, 3.63) is 33.4 Å². The molecule has 0 aliphatic carbocycles. The lowest BCUT2D eigenvalue weighted by Crippen LogP contribution is -2.01. The maximum atomic E-state index is 9.07. The van der Waals surface area contributed by atoms with Gasteiger partial charge in [0, 0.05) is 3.57 Å². The lowest BCUT2D eigenvalue weighted by molar-refractivity contribution is 0.185. The molecule has 12 heavy (non-hydrogen) atoms. The maximum absolute atomic E-state index is 9.07. The van der Waals surface area contributed by atoms with Gasteiger partial charge in [-0.15, -0.1) is 0 Å². The van der Waals surface area contributed by atoms with Crippen LogP contribution in [0.3, 0.4) is 0 Å². The summed E-state index contributed by atoms with van der Waals surface area (Å²) in [7, 11) is 0. The van der Waals surface area contributed by atoms with Crippen molar-refractivity contribution in [3.8, 4) is 0 Å². The Bertz CT molecular complexity index is 228. The Morgan fingerprint density at radius 3 is 2.42 bits per heavy atom. The van der Waals surface area contributed by atoms with Gasteiger partial charge in [0.15, 0.2) is 0 Å². The number of halogens is 1. The standard InChI is InChI=1S/C10H13IO/c1-8(12)2-3-9-4-6-10(11)7-5-9/h4-8,12H,2-3H2,1H3. The van der Waals surface area contributed by atoms with Gasteiger partial charge in [-0.05, 0) is 60.1 Å². The first-order valence-corrected chi connectivity index (χ1v) is 5.19. The molecule has 0 saturated carbocycles. The van der Waals surface area contributed by atoms with E-state index in [2.05, 4.69) is 46.9 Å². The van der Waals surface area contributed by atoms with Gasteiger partial charge in [0.05, 0.1) is 6.10 Å². The van der Waals surface area contributed by atoms with E-state index < -0.39 is 0 Å². The smallest absolute Gasteiger partial charge is 0.0515 e. The van der Waals surface area contributed by atoms with Crippen LogP contribution in [-0.2, 0) is 6.42 Å². The highest BCUT2D eigenvalue weighted by Crippen LogP contribution is 2.09. The molecule has 0 radical (unpaired) electrons. The lowest BCUT2D eigenvalue weighted by atomic mass is 10.1. The number of aryl methyl sites for hydroxylation is 1. The third kappa shape index (κ3) is 3.54. The van der Waals surface area contributed by atoms with Crippen molar-refractivity contribution in [1.29, 1.82) is 0 Å². The predicted octanol–water partition coefficient (Wildman–Crippen LogP) is 2.60. The highest BCUT2D eigenvalue weighted by atomic mass is 127. The number of benzene rings is 1. The van der Waals surface area contributed by atoms with E-state index >= 15 is 0 Å². The molecule has 66 valence electrons. The van der Waals surface area contributed by atoms with Crippen LogP contribution in [0.4, 0.5) is 0 Å². The molecular formula is C10H13IO. The summed E-state index contributed by atoms with van der Waals surface area (Å²) in [4.78, 5) is 0. The van der Waals surface area contributed by atoms with Gasteiger partial charge in [-0.1, -0.05) is 12.1 Å². The minimum atomic E-state index is -0.190. The van der Waals surface area contributed by atoms with Gasteiger partial charge < -0.3 is 5.11 Å². The zero-order chi connectivity index (χ0) is 8.97. The van der Waals surface area contributed by atoms with Crippen LogP contribution in [0.5, 0.6) is 0 Å². The Hall–Kier alpha value is -0.0900. The van der Waals surface area contributed by atoms with E-state index in [0.717, 1.165) is 12.8 Å². The molecule has 0 heterocycles. The van der Waals surface area contributed by atoms with Gasteiger partial charge in [-0.3, -0.25) is 0 Å². The number of aliphatic hydroxyl groups excluding tert-OH is 1. The zero-order valence-electron chi connectivity index (χ0n) is 7.13. The van der Waals surface area contributed by atoms with Gasteiger partial charge >= 0.3 is 0 Å². The minimum absolute atomic E-state index is 0.190. The molecule has 0 aromatic heterocycles. The summed E-state index contributed by atoms with van der Waals surface area (Å²) in [5.41, 5.74) is 1.30. The second-order valence-electron chi connectivity index (χ2n) is 3.01. The second-order valence-corrected chi connectivity index (χ2v) is 4.26. The summed E-state index contributed by atoms with van der Waals surface area (Å²) in [6.45, 7) is 1.83. The monoisotopic (exact) mass is 276 g/mol. The third-order valence-corrected chi connectivity index (χ3v) is 2.48. The highest BCUT2D eigenvalue weighted by Gasteiger charge is 1.97. The summed E-state index contributed by atoms with van der Waals surface area (Å²) in [5.74, 6) is 0. The van der Waals surface area contributed by atoms with Crippen LogP contribution in [0.25, 0.3) is 0 Å². The molecule has 0 aliphatic heterocycles. The molecule has 0 amide bonds. The van der Waals surface area contributed by atoms with Gasteiger partial charge in [0.2, 0.25) is 0 Å². The fraction of sp³-hybridized carbons (Fsp3) is 0.400. The third-order valence-electron chi connectivity index (χ3n) is 1.76. The fourth-order valence-corrected chi connectivity index (χ4v) is 1.39. The zero-order valence-corrected chi connectivity index (χ0v) is 9.28. The minimum Gasteiger partial charge on any atom is -0.393 e. The molecule has 1 aromatic carbocycles. The second kappa shape index (κ2) is 4.82. The Kier molecular flexibility index (Phi) is 4.01. The summed E-state index contributed by atoms with van der Waals surface area (Å²) in [6, 6.07) is 8.42. The molecular weight excluding hydrogens is 263 g/mol. The van der Waals surface area contributed by atoms with Crippen LogP contribution in [0.1, 0.15) is 18.9 Å². The van der Waals surface area contributed by atoms with Gasteiger partial charge in [-0.2, -0.15) is 0 Å². The largest absolute Gasteiger partial charge is 0.393 e. The Labute approximate surface area is 86.9 Å². The van der Waals surface area contributed by atoms with Crippen LogP contribution in [0.2, 0.25) is 0 Å². The molecule has 0 fully saturated rings. The average Bonchev–Trinajstić information content (AvgIpc) is 2.03. The molecule has 1 unspecified atom stereocenters. The quantitative estimate of drug-likeness (QED) is 0.841. The van der Waals surface area contributed by atoms with Crippen LogP contribution in [0.15, 0.2) is 24.3 Å². The van der Waals surface area contributed by atoms with Crippen molar-refractivity contribution in [3.63, 3.8) is 0 Å². The van der Waals surface area contributed by atoms with E-state index in [1.165, 1.54) is 9.13 Å². The molecule has 1 N–H and O–H groups in total. The van der Waals surface area contributed by atoms with E-state index in [-0.39, 0.29) is 6.10 Å². The summed E-state index contributed by atoms with van der Waals surface area (Å²) in [5, 5.41) is 9.07. The Morgan fingerprint density at radius 1 is 1.33 bits per heavy atom. The Balaban J connectivity index is 2.48.